The number of piperazine rings is 1. The molecule has 3 heterocycles. The van der Waals surface area contributed by atoms with Gasteiger partial charge in [0.05, 0.1) is 12.6 Å². The highest BCUT2D eigenvalue weighted by Gasteiger charge is 2.20. The molecule has 0 radical (unpaired) electrons. The molecule has 0 aliphatic carbocycles. The maximum absolute atomic E-state index is 5.40. The Morgan fingerprint density at radius 3 is 2.68 bits per heavy atom. The molecular formula is C22H26N4OS. The first-order valence-electron chi connectivity index (χ1n) is 9.75. The van der Waals surface area contributed by atoms with E-state index >= 15 is 0 Å². The van der Waals surface area contributed by atoms with Crippen LogP contribution in [0.25, 0.3) is 10.9 Å². The van der Waals surface area contributed by atoms with E-state index in [-0.39, 0.29) is 0 Å². The largest absolute Gasteiger partial charge is 0.481 e. The molecule has 1 aliphatic heterocycles. The summed E-state index contributed by atoms with van der Waals surface area (Å²) in [4.78, 5) is 15.1. The fourth-order valence-corrected chi connectivity index (χ4v) is 4.46. The van der Waals surface area contributed by atoms with Gasteiger partial charge in [-0.3, -0.25) is 9.88 Å². The van der Waals surface area contributed by atoms with Gasteiger partial charge in [0.1, 0.15) is 0 Å². The van der Waals surface area contributed by atoms with Gasteiger partial charge in [-0.1, -0.05) is 13.0 Å². The minimum Gasteiger partial charge on any atom is -0.481 e. The summed E-state index contributed by atoms with van der Waals surface area (Å²) in [5.74, 6) is 1.81. The van der Waals surface area contributed by atoms with E-state index in [1.54, 1.807) is 13.3 Å². The first-order chi connectivity index (χ1) is 13.8. The number of hydrogen-bond donors (Lipinski definition) is 0. The smallest absolute Gasteiger partial charge is 0.217 e. The molecule has 5 nitrogen and oxygen atoms in total. The standard InChI is InChI=1S/C22H26N4OS/c1-3-28-18-6-7-20-19(15-18)21(8-10-23-20)26-13-11-25(12-14-26)16-17-5-4-9-24-22(17)27-2/h4-10,15H,3,11-14,16H2,1-2H3. The summed E-state index contributed by atoms with van der Waals surface area (Å²) in [7, 11) is 1.68. The van der Waals surface area contributed by atoms with Crippen LogP contribution in [0.1, 0.15) is 12.5 Å². The third-order valence-corrected chi connectivity index (χ3v) is 6.03. The second kappa shape index (κ2) is 8.80. The highest BCUT2D eigenvalue weighted by atomic mass is 32.2. The van der Waals surface area contributed by atoms with E-state index in [2.05, 4.69) is 57.0 Å². The summed E-state index contributed by atoms with van der Waals surface area (Å²) in [5.41, 5.74) is 3.51. The van der Waals surface area contributed by atoms with E-state index < -0.39 is 0 Å². The average molecular weight is 395 g/mol. The van der Waals surface area contributed by atoms with E-state index in [9.17, 15) is 0 Å². The summed E-state index contributed by atoms with van der Waals surface area (Å²) < 4.78 is 5.40. The second-order valence-electron chi connectivity index (χ2n) is 6.88. The predicted octanol–water partition coefficient (Wildman–Crippen LogP) is 4.07. The summed E-state index contributed by atoms with van der Waals surface area (Å²) in [5, 5.41) is 1.25. The van der Waals surface area contributed by atoms with E-state index in [1.165, 1.54) is 16.0 Å². The number of pyridine rings is 2. The Labute approximate surface area is 170 Å². The van der Waals surface area contributed by atoms with Crippen LogP contribution in [-0.4, -0.2) is 53.9 Å². The number of nitrogens with zero attached hydrogens (tertiary/aromatic N) is 4. The van der Waals surface area contributed by atoms with Crippen molar-refractivity contribution in [3.8, 4) is 5.88 Å². The van der Waals surface area contributed by atoms with Crippen LogP contribution in [-0.2, 0) is 6.54 Å². The van der Waals surface area contributed by atoms with Gasteiger partial charge in [-0.05, 0) is 36.1 Å². The molecule has 4 rings (SSSR count). The van der Waals surface area contributed by atoms with Crippen molar-refractivity contribution in [1.82, 2.24) is 14.9 Å². The zero-order chi connectivity index (χ0) is 19.3. The Morgan fingerprint density at radius 1 is 1.04 bits per heavy atom. The van der Waals surface area contributed by atoms with E-state index in [0.29, 0.717) is 0 Å². The number of thioether (sulfide) groups is 1. The van der Waals surface area contributed by atoms with Crippen LogP contribution < -0.4 is 9.64 Å². The topological polar surface area (TPSA) is 41.5 Å². The van der Waals surface area contributed by atoms with Crippen LogP contribution in [0.4, 0.5) is 5.69 Å². The molecule has 28 heavy (non-hydrogen) atoms. The number of rotatable bonds is 6. The Hall–Kier alpha value is -2.31. The summed E-state index contributed by atoms with van der Waals surface area (Å²) in [6.45, 7) is 7.12. The lowest BCUT2D eigenvalue weighted by atomic mass is 10.1. The molecule has 146 valence electrons. The van der Waals surface area contributed by atoms with Crippen LogP contribution in [0, 0.1) is 0 Å². The first kappa shape index (κ1) is 19.0. The van der Waals surface area contributed by atoms with E-state index in [4.69, 9.17) is 4.74 Å². The molecule has 3 aromatic rings. The molecule has 0 unspecified atom stereocenters. The van der Waals surface area contributed by atoms with Crippen LogP contribution in [0.2, 0.25) is 0 Å². The van der Waals surface area contributed by atoms with Crippen LogP contribution in [0.3, 0.4) is 0 Å². The fraction of sp³-hybridized carbons (Fsp3) is 0.364. The summed E-state index contributed by atoms with van der Waals surface area (Å²) in [6, 6.07) is 12.8. The quantitative estimate of drug-likeness (QED) is 0.587. The second-order valence-corrected chi connectivity index (χ2v) is 8.21. The average Bonchev–Trinajstić information content (AvgIpc) is 2.74. The number of anilines is 1. The van der Waals surface area contributed by atoms with Crippen molar-refractivity contribution in [2.24, 2.45) is 0 Å². The SMILES string of the molecule is CCSc1ccc2nccc(N3CCN(Cc4cccnc4OC)CC3)c2c1. The minimum absolute atomic E-state index is 0.728. The summed E-state index contributed by atoms with van der Waals surface area (Å²) in [6.07, 6.45) is 3.71. The third kappa shape index (κ3) is 4.08. The number of ether oxygens (including phenoxy) is 1. The van der Waals surface area contributed by atoms with Crippen molar-refractivity contribution in [3.05, 3.63) is 54.4 Å². The Morgan fingerprint density at radius 2 is 1.89 bits per heavy atom. The van der Waals surface area contributed by atoms with Gasteiger partial charge in [-0.2, -0.15) is 0 Å². The van der Waals surface area contributed by atoms with Gasteiger partial charge in [-0.25, -0.2) is 4.98 Å². The zero-order valence-electron chi connectivity index (χ0n) is 16.5. The van der Waals surface area contributed by atoms with Crippen molar-refractivity contribution < 1.29 is 4.74 Å². The van der Waals surface area contributed by atoms with Gasteiger partial charge in [0.15, 0.2) is 0 Å². The molecule has 1 saturated heterocycles. The maximum Gasteiger partial charge on any atom is 0.217 e. The molecule has 0 atom stereocenters. The van der Waals surface area contributed by atoms with E-state index in [0.717, 1.165) is 55.4 Å². The monoisotopic (exact) mass is 394 g/mol. The van der Waals surface area contributed by atoms with Crippen molar-refractivity contribution in [2.75, 3.05) is 43.9 Å². The molecule has 0 spiro atoms. The van der Waals surface area contributed by atoms with Crippen molar-refractivity contribution in [3.63, 3.8) is 0 Å². The van der Waals surface area contributed by atoms with Gasteiger partial charge in [0.2, 0.25) is 5.88 Å². The highest BCUT2D eigenvalue weighted by molar-refractivity contribution is 7.99. The normalized spacial score (nSPS) is 15.1. The zero-order valence-corrected chi connectivity index (χ0v) is 17.3. The number of methoxy groups -OCH3 is 1. The van der Waals surface area contributed by atoms with Gasteiger partial charge >= 0.3 is 0 Å². The number of benzene rings is 1. The summed E-state index contributed by atoms with van der Waals surface area (Å²) >= 11 is 1.88. The lowest BCUT2D eigenvalue weighted by Crippen LogP contribution is -2.46. The molecule has 0 saturated carbocycles. The molecule has 2 aromatic heterocycles. The van der Waals surface area contributed by atoms with Crippen molar-refractivity contribution in [2.45, 2.75) is 18.4 Å². The van der Waals surface area contributed by atoms with Crippen molar-refractivity contribution in [1.29, 1.82) is 0 Å². The Balaban J connectivity index is 1.48. The molecule has 1 aliphatic rings. The predicted molar refractivity (Wildman–Crippen MR) is 116 cm³/mol. The fourth-order valence-electron chi connectivity index (χ4n) is 3.76. The maximum atomic E-state index is 5.40. The Kier molecular flexibility index (Phi) is 5.98. The Bertz CT molecular complexity index is 941. The molecule has 0 N–H and O–H groups in total. The van der Waals surface area contributed by atoms with Crippen LogP contribution >= 0.6 is 11.8 Å². The lowest BCUT2D eigenvalue weighted by Gasteiger charge is -2.36. The number of aromatic nitrogens is 2. The first-order valence-corrected chi connectivity index (χ1v) is 10.7. The lowest BCUT2D eigenvalue weighted by molar-refractivity contribution is 0.245. The van der Waals surface area contributed by atoms with Crippen LogP contribution in [0.15, 0.2) is 53.7 Å². The van der Waals surface area contributed by atoms with Gasteiger partial charge in [0.25, 0.3) is 0 Å². The molecule has 6 heteroatoms. The molecular weight excluding hydrogens is 368 g/mol. The highest BCUT2D eigenvalue weighted by Crippen LogP contribution is 2.30. The van der Waals surface area contributed by atoms with Gasteiger partial charge in [-0.15, -0.1) is 11.8 Å². The molecule has 0 amide bonds. The number of fused-ring (bicyclic) bond motifs is 1. The number of hydrogen-bond acceptors (Lipinski definition) is 6. The van der Waals surface area contributed by atoms with E-state index in [1.807, 2.05) is 24.0 Å². The molecule has 1 fully saturated rings. The third-order valence-electron chi connectivity index (χ3n) is 5.15. The van der Waals surface area contributed by atoms with Crippen molar-refractivity contribution >= 4 is 28.4 Å². The van der Waals surface area contributed by atoms with Crippen LogP contribution in [0.5, 0.6) is 5.88 Å². The van der Waals surface area contributed by atoms with Gasteiger partial charge in [0, 0.05) is 66.7 Å². The minimum atomic E-state index is 0.728. The molecule has 1 aromatic carbocycles. The molecule has 0 bridgehead atoms. The van der Waals surface area contributed by atoms with Gasteiger partial charge < -0.3 is 9.64 Å².